The molecule has 1 aliphatic carbocycles. The lowest BCUT2D eigenvalue weighted by molar-refractivity contribution is 0.0596. The Balaban J connectivity index is 1.27. The van der Waals surface area contributed by atoms with Gasteiger partial charge in [-0.1, -0.05) is 60.7 Å². The number of fused-ring (bicyclic) bond motifs is 3. The molecule has 0 N–H and O–H groups in total. The highest BCUT2D eigenvalue weighted by atomic mass is 16.5. The van der Waals surface area contributed by atoms with E-state index in [2.05, 4.69) is 72.4 Å². The second-order valence-corrected chi connectivity index (χ2v) is 9.41. The van der Waals surface area contributed by atoms with E-state index in [0.717, 1.165) is 26.1 Å². The van der Waals surface area contributed by atoms with Crippen LogP contribution in [0.15, 0.2) is 72.8 Å². The van der Waals surface area contributed by atoms with E-state index in [1.54, 1.807) is 0 Å². The third kappa shape index (κ3) is 4.46. The molecule has 3 aromatic rings. The molecule has 5 rings (SSSR count). The van der Waals surface area contributed by atoms with Crippen molar-refractivity contribution in [3.8, 4) is 16.9 Å². The van der Waals surface area contributed by atoms with Crippen LogP contribution in [0.3, 0.4) is 0 Å². The summed E-state index contributed by atoms with van der Waals surface area (Å²) in [7, 11) is 4.11. The molecular formula is C29H33N3O2. The summed E-state index contributed by atoms with van der Waals surface area (Å²) in [5.41, 5.74) is 6.08. The lowest BCUT2D eigenvalue weighted by Crippen LogP contribution is -2.49. The van der Waals surface area contributed by atoms with Gasteiger partial charge in [-0.25, -0.2) is 0 Å². The largest absolute Gasteiger partial charge is 0.493 e. The van der Waals surface area contributed by atoms with E-state index in [1.807, 2.05) is 29.2 Å². The Labute approximate surface area is 202 Å². The van der Waals surface area contributed by atoms with Crippen LogP contribution in [0.5, 0.6) is 5.75 Å². The van der Waals surface area contributed by atoms with Crippen LogP contribution < -0.4 is 4.74 Å². The van der Waals surface area contributed by atoms with Crippen LogP contribution in [-0.2, 0) is 0 Å². The number of nitrogens with zero attached hydrogens (tertiary/aromatic N) is 3. The Hall–Kier alpha value is -3.15. The number of ether oxygens (including phenoxy) is 1. The average Bonchev–Trinajstić information content (AvgIpc) is 3.21. The summed E-state index contributed by atoms with van der Waals surface area (Å²) in [4.78, 5) is 20.0. The van der Waals surface area contributed by atoms with Crippen molar-refractivity contribution in [1.82, 2.24) is 14.7 Å². The van der Waals surface area contributed by atoms with Gasteiger partial charge < -0.3 is 14.5 Å². The number of carbonyl (C=O) groups is 1. The van der Waals surface area contributed by atoms with Crippen molar-refractivity contribution < 1.29 is 9.53 Å². The summed E-state index contributed by atoms with van der Waals surface area (Å²) in [6.07, 6.45) is 0.929. The quantitative estimate of drug-likeness (QED) is 0.490. The molecule has 176 valence electrons. The van der Waals surface area contributed by atoms with Gasteiger partial charge >= 0.3 is 0 Å². The third-order valence-electron chi connectivity index (χ3n) is 6.89. The zero-order valence-corrected chi connectivity index (χ0v) is 20.1. The predicted octanol–water partition coefficient (Wildman–Crippen LogP) is 4.54. The minimum absolute atomic E-state index is 0.0649. The zero-order valence-electron chi connectivity index (χ0n) is 20.1. The fraction of sp³-hybridized carbons (Fsp3) is 0.345. The first-order valence-electron chi connectivity index (χ1n) is 12.2. The molecule has 0 aromatic heterocycles. The maximum Gasteiger partial charge on any atom is 0.257 e. The first-order valence-corrected chi connectivity index (χ1v) is 12.2. The van der Waals surface area contributed by atoms with Crippen molar-refractivity contribution in [2.24, 2.45) is 0 Å². The molecule has 0 spiro atoms. The van der Waals surface area contributed by atoms with Gasteiger partial charge in [-0.05, 0) is 54.9 Å². The highest BCUT2D eigenvalue weighted by Crippen LogP contribution is 2.46. The maximum atomic E-state index is 13.4. The van der Waals surface area contributed by atoms with Gasteiger partial charge in [-0.3, -0.25) is 9.69 Å². The Bertz CT molecular complexity index is 1110. The summed E-state index contributed by atoms with van der Waals surface area (Å²) in [5.74, 6) is 0.752. The molecule has 0 bridgehead atoms. The Kier molecular flexibility index (Phi) is 6.66. The molecule has 1 heterocycles. The van der Waals surface area contributed by atoms with Crippen molar-refractivity contribution in [2.75, 3.05) is 53.4 Å². The minimum atomic E-state index is 0.0649. The van der Waals surface area contributed by atoms with Gasteiger partial charge in [0.2, 0.25) is 0 Å². The number of rotatable bonds is 7. The summed E-state index contributed by atoms with van der Waals surface area (Å²) in [6, 6.07) is 25.4. The van der Waals surface area contributed by atoms with Gasteiger partial charge in [-0.2, -0.15) is 0 Å². The molecule has 2 aliphatic rings. The Morgan fingerprint density at radius 1 is 0.853 bits per heavy atom. The van der Waals surface area contributed by atoms with Gasteiger partial charge in [0.25, 0.3) is 5.91 Å². The van der Waals surface area contributed by atoms with Gasteiger partial charge in [0, 0.05) is 32.7 Å². The lowest BCUT2D eigenvalue weighted by Gasteiger charge is -2.39. The maximum absolute atomic E-state index is 13.4. The molecule has 0 saturated carbocycles. The number of carbonyl (C=O) groups excluding carboxylic acids is 1. The minimum Gasteiger partial charge on any atom is -0.493 e. The molecule has 1 amide bonds. The van der Waals surface area contributed by atoms with Crippen molar-refractivity contribution in [2.45, 2.75) is 12.5 Å². The van der Waals surface area contributed by atoms with Crippen LogP contribution in [-0.4, -0.2) is 74.0 Å². The van der Waals surface area contributed by atoms with E-state index >= 15 is 0 Å². The van der Waals surface area contributed by atoms with Crippen LogP contribution in [0.2, 0.25) is 0 Å². The fourth-order valence-electron chi connectivity index (χ4n) is 5.21. The molecule has 3 aromatic carbocycles. The van der Waals surface area contributed by atoms with Gasteiger partial charge in [0.05, 0.1) is 18.2 Å². The molecular weight excluding hydrogens is 422 g/mol. The lowest BCUT2D eigenvalue weighted by atomic mass is 10.0. The Morgan fingerprint density at radius 3 is 2.09 bits per heavy atom. The van der Waals surface area contributed by atoms with Crippen LogP contribution in [0.4, 0.5) is 0 Å². The van der Waals surface area contributed by atoms with E-state index in [-0.39, 0.29) is 11.9 Å². The third-order valence-corrected chi connectivity index (χ3v) is 6.89. The highest BCUT2D eigenvalue weighted by Gasteiger charge is 2.35. The summed E-state index contributed by atoms with van der Waals surface area (Å²) in [6.45, 7) is 4.71. The first-order chi connectivity index (χ1) is 16.6. The second-order valence-electron chi connectivity index (χ2n) is 9.41. The molecule has 5 heteroatoms. The molecule has 0 atom stereocenters. The monoisotopic (exact) mass is 455 g/mol. The number of hydrogen-bond donors (Lipinski definition) is 0. The molecule has 1 saturated heterocycles. The number of para-hydroxylation sites is 1. The number of benzene rings is 3. The van der Waals surface area contributed by atoms with Crippen LogP contribution in [0, 0.1) is 0 Å². The second kappa shape index (κ2) is 10.00. The molecule has 5 nitrogen and oxygen atoms in total. The zero-order chi connectivity index (χ0) is 23.5. The fourth-order valence-corrected chi connectivity index (χ4v) is 5.21. The SMILES string of the molecule is CN(C)CCCOc1ccccc1C(=O)N1CCN(C2c3ccccc3-c3ccccc32)CC1. The predicted molar refractivity (Wildman–Crippen MR) is 136 cm³/mol. The summed E-state index contributed by atoms with van der Waals surface area (Å²) < 4.78 is 6.00. The normalized spacial score (nSPS) is 15.9. The summed E-state index contributed by atoms with van der Waals surface area (Å²) in [5, 5.41) is 0. The van der Waals surface area contributed by atoms with Crippen molar-refractivity contribution in [3.05, 3.63) is 89.5 Å². The van der Waals surface area contributed by atoms with E-state index < -0.39 is 0 Å². The smallest absolute Gasteiger partial charge is 0.257 e. The average molecular weight is 456 g/mol. The van der Waals surface area contributed by atoms with Crippen LogP contribution >= 0.6 is 0 Å². The number of hydrogen-bond acceptors (Lipinski definition) is 4. The molecule has 0 radical (unpaired) electrons. The number of piperazine rings is 1. The molecule has 34 heavy (non-hydrogen) atoms. The van der Waals surface area contributed by atoms with Gasteiger partial charge in [0.15, 0.2) is 0 Å². The van der Waals surface area contributed by atoms with Gasteiger partial charge in [0.1, 0.15) is 5.75 Å². The molecule has 0 unspecified atom stereocenters. The molecule has 1 aliphatic heterocycles. The van der Waals surface area contributed by atoms with Gasteiger partial charge in [-0.15, -0.1) is 0 Å². The summed E-state index contributed by atoms with van der Waals surface area (Å²) >= 11 is 0. The van der Waals surface area contributed by atoms with E-state index in [1.165, 1.54) is 22.3 Å². The molecule has 1 fully saturated rings. The number of amides is 1. The van der Waals surface area contributed by atoms with E-state index in [0.29, 0.717) is 31.0 Å². The van der Waals surface area contributed by atoms with E-state index in [4.69, 9.17) is 4.74 Å². The van der Waals surface area contributed by atoms with Crippen molar-refractivity contribution in [3.63, 3.8) is 0 Å². The van der Waals surface area contributed by atoms with E-state index in [9.17, 15) is 4.79 Å². The standard InChI is InChI=1S/C29H33N3O2/c1-30(2)16-9-21-34-27-15-8-7-14-26(27)29(33)32-19-17-31(18-20-32)28-24-12-5-3-10-22(24)23-11-4-6-13-25(23)28/h3-8,10-15,28H,9,16-21H2,1-2H3. The van der Waals surface area contributed by atoms with Crippen LogP contribution in [0.25, 0.3) is 11.1 Å². The topological polar surface area (TPSA) is 36.0 Å². The van der Waals surface area contributed by atoms with Crippen molar-refractivity contribution >= 4 is 5.91 Å². The highest BCUT2D eigenvalue weighted by molar-refractivity contribution is 5.97. The van der Waals surface area contributed by atoms with Crippen LogP contribution in [0.1, 0.15) is 33.9 Å². The van der Waals surface area contributed by atoms with Crippen molar-refractivity contribution in [1.29, 1.82) is 0 Å². The first kappa shape index (κ1) is 22.6. The Morgan fingerprint density at radius 2 is 1.44 bits per heavy atom.